The van der Waals surface area contributed by atoms with Crippen LogP contribution in [0.15, 0.2) is 30.3 Å². The zero-order chi connectivity index (χ0) is 11.4. The molecule has 1 fully saturated rings. The Labute approximate surface area is 99.3 Å². The Morgan fingerprint density at radius 3 is 2.62 bits per heavy atom. The second-order valence-corrected chi connectivity index (χ2v) is 4.86. The average molecular weight is 217 g/mol. The van der Waals surface area contributed by atoms with Crippen LogP contribution in [0.5, 0.6) is 0 Å². The predicted molar refractivity (Wildman–Crippen MR) is 69.7 cm³/mol. The maximum Gasteiger partial charge on any atom is 0.0164 e. The lowest BCUT2D eigenvalue weighted by atomic mass is 9.82. The zero-order valence-electron chi connectivity index (χ0n) is 10.4. The van der Waals surface area contributed by atoms with E-state index in [1.54, 1.807) is 0 Å². The van der Waals surface area contributed by atoms with E-state index in [2.05, 4.69) is 49.5 Å². The van der Waals surface area contributed by atoms with Crippen LogP contribution >= 0.6 is 0 Å². The summed E-state index contributed by atoms with van der Waals surface area (Å²) in [4.78, 5) is 0. The molecule has 16 heavy (non-hydrogen) atoms. The molecule has 1 aliphatic heterocycles. The summed E-state index contributed by atoms with van der Waals surface area (Å²) >= 11 is 0. The third-order valence-electron chi connectivity index (χ3n) is 4.03. The molecule has 1 aromatic rings. The standard InChI is InChI=1S/C15H23N/c1-3-12-10-11-16-15(12)14(4-2)13-8-6-5-7-9-13/h5-9,12,14-16H,3-4,10-11H2,1-2H3. The van der Waals surface area contributed by atoms with Crippen LogP contribution in [-0.4, -0.2) is 12.6 Å². The van der Waals surface area contributed by atoms with Crippen molar-refractivity contribution < 1.29 is 0 Å². The van der Waals surface area contributed by atoms with E-state index in [1.807, 2.05) is 0 Å². The Morgan fingerprint density at radius 2 is 2.00 bits per heavy atom. The van der Waals surface area contributed by atoms with E-state index in [1.165, 1.54) is 31.4 Å². The summed E-state index contributed by atoms with van der Waals surface area (Å²) in [5.74, 6) is 1.55. The summed E-state index contributed by atoms with van der Waals surface area (Å²) in [5, 5.41) is 3.71. The van der Waals surface area contributed by atoms with Gasteiger partial charge in [0.15, 0.2) is 0 Å². The quantitative estimate of drug-likeness (QED) is 0.813. The van der Waals surface area contributed by atoms with Gasteiger partial charge in [0.05, 0.1) is 0 Å². The lowest BCUT2D eigenvalue weighted by Gasteiger charge is -2.28. The van der Waals surface area contributed by atoms with Gasteiger partial charge in [-0.3, -0.25) is 0 Å². The Balaban J connectivity index is 2.16. The molecule has 2 rings (SSSR count). The van der Waals surface area contributed by atoms with E-state index in [0.29, 0.717) is 12.0 Å². The van der Waals surface area contributed by atoms with Crippen molar-refractivity contribution in [1.29, 1.82) is 0 Å². The average Bonchev–Trinajstić information content (AvgIpc) is 2.80. The number of hydrogen-bond acceptors (Lipinski definition) is 1. The molecule has 0 aromatic heterocycles. The van der Waals surface area contributed by atoms with E-state index in [9.17, 15) is 0 Å². The van der Waals surface area contributed by atoms with Crippen LogP contribution in [0, 0.1) is 5.92 Å². The molecule has 1 nitrogen and oxygen atoms in total. The number of rotatable bonds is 4. The molecule has 3 atom stereocenters. The first-order valence-corrected chi connectivity index (χ1v) is 6.65. The minimum atomic E-state index is 0.689. The van der Waals surface area contributed by atoms with Crippen molar-refractivity contribution in [1.82, 2.24) is 5.32 Å². The molecule has 1 aromatic carbocycles. The monoisotopic (exact) mass is 217 g/mol. The van der Waals surface area contributed by atoms with E-state index >= 15 is 0 Å². The minimum Gasteiger partial charge on any atom is -0.313 e. The molecule has 1 heteroatoms. The van der Waals surface area contributed by atoms with Crippen LogP contribution in [0.3, 0.4) is 0 Å². The van der Waals surface area contributed by atoms with Gasteiger partial charge in [-0.25, -0.2) is 0 Å². The van der Waals surface area contributed by atoms with Crippen LogP contribution in [0.2, 0.25) is 0 Å². The molecule has 0 radical (unpaired) electrons. The second kappa shape index (κ2) is 5.49. The molecule has 1 saturated heterocycles. The predicted octanol–water partition coefficient (Wildman–Crippen LogP) is 3.57. The summed E-state index contributed by atoms with van der Waals surface area (Å²) in [5.41, 5.74) is 1.50. The summed E-state index contributed by atoms with van der Waals surface area (Å²) in [7, 11) is 0. The smallest absolute Gasteiger partial charge is 0.0164 e. The Morgan fingerprint density at radius 1 is 1.25 bits per heavy atom. The summed E-state index contributed by atoms with van der Waals surface area (Å²) in [6.45, 7) is 5.83. The van der Waals surface area contributed by atoms with Gasteiger partial charge in [0.2, 0.25) is 0 Å². The summed E-state index contributed by atoms with van der Waals surface area (Å²) in [6.07, 6.45) is 3.89. The Bertz CT molecular complexity index is 306. The van der Waals surface area contributed by atoms with Gasteiger partial charge in [0, 0.05) is 6.04 Å². The molecular weight excluding hydrogens is 194 g/mol. The molecule has 1 heterocycles. The summed E-state index contributed by atoms with van der Waals surface area (Å²) < 4.78 is 0. The van der Waals surface area contributed by atoms with Gasteiger partial charge in [-0.05, 0) is 36.8 Å². The maximum absolute atomic E-state index is 3.71. The lowest BCUT2D eigenvalue weighted by Crippen LogP contribution is -2.33. The van der Waals surface area contributed by atoms with Gasteiger partial charge in [-0.2, -0.15) is 0 Å². The van der Waals surface area contributed by atoms with Crippen molar-refractivity contribution in [2.75, 3.05) is 6.54 Å². The fourth-order valence-electron chi connectivity index (χ4n) is 3.11. The molecule has 88 valence electrons. The molecule has 1 N–H and O–H groups in total. The lowest BCUT2D eigenvalue weighted by molar-refractivity contribution is 0.367. The molecular formula is C15H23N. The van der Waals surface area contributed by atoms with Crippen molar-refractivity contribution in [3.63, 3.8) is 0 Å². The van der Waals surface area contributed by atoms with E-state index in [4.69, 9.17) is 0 Å². The molecule has 3 unspecified atom stereocenters. The van der Waals surface area contributed by atoms with Gasteiger partial charge in [-0.1, -0.05) is 50.6 Å². The van der Waals surface area contributed by atoms with Gasteiger partial charge >= 0.3 is 0 Å². The van der Waals surface area contributed by atoms with Crippen molar-refractivity contribution in [2.45, 2.75) is 45.1 Å². The molecule has 0 saturated carbocycles. The van der Waals surface area contributed by atoms with E-state index in [0.717, 1.165) is 5.92 Å². The molecule has 1 aliphatic rings. The first kappa shape index (κ1) is 11.7. The highest BCUT2D eigenvalue weighted by Crippen LogP contribution is 2.33. The van der Waals surface area contributed by atoms with Crippen molar-refractivity contribution in [2.24, 2.45) is 5.92 Å². The van der Waals surface area contributed by atoms with Crippen molar-refractivity contribution in [3.05, 3.63) is 35.9 Å². The third kappa shape index (κ3) is 2.30. The first-order valence-electron chi connectivity index (χ1n) is 6.65. The number of benzene rings is 1. The van der Waals surface area contributed by atoms with Crippen LogP contribution in [-0.2, 0) is 0 Å². The SMILES string of the molecule is CCC1CCNC1C(CC)c1ccccc1. The van der Waals surface area contributed by atoms with E-state index < -0.39 is 0 Å². The molecule has 0 aliphatic carbocycles. The highest BCUT2D eigenvalue weighted by atomic mass is 15.0. The fraction of sp³-hybridized carbons (Fsp3) is 0.600. The Kier molecular flexibility index (Phi) is 4.00. The molecule has 0 amide bonds. The number of hydrogen-bond donors (Lipinski definition) is 1. The van der Waals surface area contributed by atoms with Gasteiger partial charge < -0.3 is 5.32 Å². The highest BCUT2D eigenvalue weighted by molar-refractivity contribution is 5.22. The molecule has 0 bridgehead atoms. The first-order chi connectivity index (χ1) is 7.86. The van der Waals surface area contributed by atoms with Crippen LogP contribution in [0.4, 0.5) is 0 Å². The minimum absolute atomic E-state index is 0.689. The topological polar surface area (TPSA) is 12.0 Å². The Hall–Kier alpha value is -0.820. The highest BCUT2D eigenvalue weighted by Gasteiger charge is 2.31. The van der Waals surface area contributed by atoms with Crippen LogP contribution < -0.4 is 5.32 Å². The van der Waals surface area contributed by atoms with Crippen molar-refractivity contribution >= 4 is 0 Å². The normalized spacial score (nSPS) is 26.9. The maximum atomic E-state index is 3.71. The number of nitrogens with one attached hydrogen (secondary N) is 1. The van der Waals surface area contributed by atoms with Crippen molar-refractivity contribution in [3.8, 4) is 0 Å². The fourth-order valence-corrected chi connectivity index (χ4v) is 3.11. The summed E-state index contributed by atoms with van der Waals surface area (Å²) in [6, 6.07) is 11.7. The van der Waals surface area contributed by atoms with Gasteiger partial charge in [0.1, 0.15) is 0 Å². The van der Waals surface area contributed by atoms with E-state index in [-0.39, 0.29) is 0 Å². The zero-order valence-corrected chi connectivity index (χ0v) is 10.4. The van der Waals surface area contributed by atoms with Crippen LogP contribution in [0.1, 0.15) is 44.6 Å². The second-order valence-electron chi connectivity index (χ2n) is 4.86. The largest absolute Gasteiger partial charge is 0.313 e. The third-order valence-corrected chi connectivity index (χ3v) is 4.03. The molecule has 0 spiro atoms. The van der Waals surface area contributed by atoms with Gasteiger partial charge in [-0.15, -0.1) is 0 Å². The van der Waals surface area contributed by atoms with Crippen LogP contribution in [0.25, 0.3) is 0 Å². The van der Waals surface area contributed by atoms with Gasteiger partial charge in [0.25, 0.3) is 0 Å².